The van der Waals surface area contributed by atoms with Gasteiger partial charge in [-0.25, -0.2) is 9.37 Å². The summed E-state index contributed by atoms with van der Waals surface area (Å²) >= 11 is 5.81. The van der Waals surface area contributed by atoms with Crippen molar-refractivity contribution in [2.75, 3.05) is 24.5 Å². The number of amides is 2. The lowest BCUT2D eigenvalue weighted by atomic mass is 9.52. The van der Waals surface area contributed by atoms with Gasteiger partial charge in [-0.1, -0.05) is 30.3 Å². The summed E-state index contributed by atoms with van der Waals surface area (Å²) in [5, 5.41) is 0.0580. The molecule has 0 bridgehead atoms. The van der Waals surface area contributed by atoms with E-state index in [9.17, 15) is 27.2 Å². The minimum atomic E-state index is -4.48. The lowest BCUT2D eigenvalue weighted by Crippen LogP contribution is -2.79. The number of allylic oxidation sites excluding steroid dienone is 1. The Morgan fingerprint density at radius 3 is 2.36 bits per heavy atom. The van der Waals surface area contributed by atoms with E-state index in [0.717, 1.165) is 28.8 Å². The third-order valence-electron chi connectivity index (χ3n) is 7.35. The van der Waals surface area contributed by atoms with Crippen molar-refractivity contribution in [1.82, 2.24) is 14.8 Å². The van der Waals surface area contributed by atoms with E-state index in [1.165, 1.54) is 23.2 Å². The van der Waals surface area contributed by atoms with Crippen molar-refractivity contribution < 1.29 is 27.2 Å². The van der Waals surface area contributed by atoms with Gasteiger partial charge >= 0.3 is 6.18 Å². The highest BCUT2D eigenvalue weighted by atomic mass is 35.5. The molecule has 1 saturated carbocycles. The van der Waals surface area contributed by atoms with Gasteiger partial charge in [-0.2, -0.15) is 13.2 Å². The van der Waals surface area contributed by atoms with E-state index in [-0.39, 0.29) is 22.8 Å². The average Bonchev–Trinajstić information content (AvgIpc) is 2.73. The number of hydrogen-bond donors (Lipinski definition) is 0. The Hall–Kier alpha value is -3.14. The number of likely N-dealkylation sites (tertiary alicyclic amines) is 1. The minimum Gasteiger partial charge on any atom is -0.374 e. The molecule has 1 aliphatic carbocycles. The summed E-state index contributed by atoms with van der Waals surface area (Å²) < 4.78 is 53.7. The van der Waals surface area contributed by atoms with Crippen molar-refractivity contribution in [2.45, 2.75) is 38.0 Å². The molecule has 2 saturated heterocycles. The Kier molecular flexibility index (Phi) is 5.59. The van der Waals surface area contributed by atoms with E-state index in [0.29, 0.717) is 31.5 Å². The maximum absolute atomic E-state index is 14.7. The van der Waals surface area contributed by atoms with Crippen molar-refractivity contribution >= 4 is 29.2 Å². The highest BCUT2D eigenvalue weighted by molar-refractivity contribution is 6.30. The van der Waals surface area contributed by atoms with E-state index < -0.39 is 41.5 Å². The van der Waals surface area contributed by atoms with Crippen LogP contribution >= 0.6 is 11.6 Å². The minimum absolute atomic E-state index is 0.0344. The number of carbonyl (C=O) groups excluding carboxylic acids is 2. The average molecular weight is 523 g/mol. The molecular weight excluding hydrogens is 500 g/mol. The first-order chi connectivity index (χ1) is 16.8. The van der Waals surface area contributed by atoms with Crippen LogP contribution in [0.15, 0.2) is 48.8 Å². The number of benzene rings is 1. The number of rotatable bonds is 4. The molecule has 11 heteroatoms. The molecule has 0 N–H and O–H groups in total. The molecule has 6 nitrogen and oxygen atoms in total. The molecule has 2 amide bonds. The number of aromatic nitrogens is 1. The number of hydrogen-bond acceptors (Lipinski definition) is 4. The molecule has 190 valence electrons. The van der Waals surface area contributed by atoms with Crippen molar-refractivity contribution in [3.63, 3.8) is 0 Å². The second-order valence-corrected chi connectivity index (χ2v) is 10.4. The van der Waals surface area contributed by atoms with Crippen molar-refractivity contribution in [3.8, 4) is 0 Å². The van der Waals surface area contributed by atoms with Crippen molar-refractivity contribution in [2.24, 2.45) is 5.41 Å². The normalized spacial score (nSPS) is 20.6. The van der Waals surface area contributed by atoms with E-state index in [2.05, 4.69) is 16.5 Å². The zero-order valence-electron chi connectivity index (χ0n) is 19.4. The summed E-state index contributed by atoms with van der Waals surface area (Å²) in [7, 11) is 0. The van der Waals surface area contributed by atoms with Gasteiger partial charge in [-0.15, -0.1) is 0 Å². The molecule has 0 unspecified atom stereocenters. The number of nitrogens with zero attached hydrogens (tertiary/aromatic N) is 4. The van der Waals surface area contributed by atoms with Crippen LogP contribution in [0, 0.1) is 11.2 Å². The number of pyridine rings is 1. The lowest BCUT2D eigenvalue weighted by Gasteiger charge is -2.67. The first kappa shape index (κ1) is 24.5. The molecule has 2 aliphatic heterocycles. The van der Waals surface area contributed by atoms with Crippen LogP contribution in [-0.2, 0) is 22.3 Å². The number of halogens is 5. The van der Waals surface area contributed by atoms with Crippen LogP contribution in [-0.4, -0.2) is 51.8 Å². The topological polar surface area (TPSA) is 56.8 Å². The SMILES string of the molecule is C=C(C)N1CC2(C1)CC1(C2)C(=O)N(c2ncc(Cl)cc2F)CC(=O)N1Cc1ccc(C(F)(F)F)cc1. The fraction of sp³-hybridized carbons (Fsp3) is 0.400. The van der Waals surface area contributed by atoms with Gasteiger partial charge in [0.25, 0.3) is 5.91 Å². The Morgan fingerprint density at radius 2 is 1.81 bits per heavy atom. The summed E-state index contributed by atoms with van der Waals surface area (Å²) in [6, 6.07) is 5.55. The largest absolute Gasteiger partial charge is 0.416 e. The highest BCUT2D eigenvalue weighted by Gasteiger charge is 2.68. The Balaban J connectivity index is 1.46. The quantitative estimate of drug-likeness (QED) is 0.549. The summed E-state index contributed by atoms with van der Waals surface area (Å²) in [6.07, 6.45) is -2.55. The third kappa shape index (κ3) is 3.91. The van der Waals surface area contributed by atoms with E-state index >= 15 is 0 Å². The molecule has 3 fully saturated rings. The van der Waals surface area contributed by atoms with Gasteiger partial charge in [0.1, 0.15) is 12.1 Å². The maximum Gasteiger partial charge on any atom is 0.416 e. The van der Waals surface area contributed by atoms with Gasteiger partial charge in [0.05, 0.1) is 10.6 Å². The third-order valence-corrected chi connectivity index (χ3v) is 7.55. The number of piperazine rings is 1. The lowest BCUT2D eigenvalue weighted by molar-refractivity contribution is -0.185. The Bertz CT molecular complexity index is 1250. The Labute approximate surface area is 210 Å². The maximum atomic E-state index is 14.7. The van der Waals surface area contributed by atoms with Crippen LogP contribution in [0.3, 0.4) is 0 Å². The zero-order valence-corrected chi connectivity index (χ0v) is 20.2. The zero-order chi connectivity index (χ0) is 26.0. The van der Waals surface area contributed by atoms with Crippen LogP contribution in [0.5, 0.6) is 0 Å². The predicted octanol–water partition coefficient (Wildman–Crippen LogP) is 4.64. The number of alkyl halides is 3. The summed E-state index contributed by atoms with van der Waals surface area (Å²) in [5.74, 6) is -1.98. The number of anilines is 1. The molecule has 36 heavy (non-hydrogen) atoms. The van der Waals surface area contributed by atoms with E-state index in [4.69, 9.17) is 11.6 Å². The predicted molar refractivity (Wildman–Crippen MR) is 124 cm³/mol. The smallest absolute Gasteiger partial charge is 0.374 e. The van der Waals surface area contributed by atoms with E-state index in [1.54, 1.807) is 0 Å². The van der Waals surface area contributed by atoms with E-state index in [1.807, 2.05) is 6.92 Å². The molecule has 0 atom stereocenters. The van der Waals surface area contributed by atoms with Crippen LogP contribution in [0.4, 0.5) is 23.4 Å². The summed E-state index contributed by atoms with van der Waals surface area (Å²) in [4.78, 5) is 35.8. The van der Waals surface area contributed by atoms with Crippen LogP contribution < -0.4 is 4.90 Å². The fourth-order valence-corrected chi connectivity index (χ4v) is 5.83. The van der Waals surface area contributed by atoms with Crippen molar-refractivity contribution in [1.29, 1.82) is 0 Å². The molecule has 2 spiro atoms. The standard InChI is InChI=1S/C25H23ClF4N4O2/c1-15(2)32-13-23(14-32)11-24(12-23)22(36)33(21-19(27)7-18(26)8-31-21)10-20(35)34(24)9-16-3-5-17(6-4-16)25(28,29)30/h3-8H,1,9-14H2,2H3. The summed E-state index contributed by atoms with van der Waals surface area (Å²) in [6.45, 7) is 6.74. The molecule has 5 rings (SSSR count). The summed E-state index contributed by atoms with van der Waals surface area (Å²) in [5.41, 5.74) is -0.863. The van der Waals surface area contributed by atoms with Crippen molar-refractivity contribution in [3.05, 3.63) is 70.8 Å². The van der Waals surface area contributed by atoms with Crippen LogP contribution in [0.2, 0.25) is 5.02 Å². The molecule has 3 heterocycles. The molecule has 2 aromatic rings. The van der Waals surface area contributed by atoms with Gasteiger partial charge in [0.15, 0.2) is 11.6 Å². The van der Waals surface area contributed by atoms with Crippen LogP contribution in [0.25, 0.3) is 0 Å². The molecule has 1 aromatic heterocycles. The van der Waals surface area contributed by atoms with Gasteiger partial charge < -0.3 is 9.80 Å². The molecule has 0 radical (unpaired) electrons. The fourth-order valence-electron chi connectivity index (χ4n) is 5.68. The molecule has 1 aromatic carbocycles. The number of carbonyl (C=O) groups is 2. The monoisotopic (exact) mass is 522 g/mol. The Morgan fingerprint density at radius 1 is 1.17 bits per heavy atom. The van der Waals surface area contributed by atoms with Gasteiger partial charge in [-0.05, 0) is 43.5 Å². The van der Waals surface area contributed by atoms with Gasteiger partial charge in [0, 0.05) is 36.9 Å². The second-order valence-electron chi connectivity index (χ2n) is 10.0. The van der Waals surface area contributed by atoms with Gasteiger partial charge in [-0.3, -0.25) is 14.5 Å². The van der Waals surface area contributed by atoms with Gasteiger partial charge in [0.2, 0.25) is 5.91 Å². The molecular formula is C25H23ClF4N4O2. The highest BCUT2D eigenvalue weighted by Crippen LogP contribution is 2.59. The first-order valence-electron chi connectivity index (χ1n) is 11.3. The second kappa shape index (κ2) is 8.19. The first-order valence-corrected chi connectivity index (χ1v) is 11.7. The molecule has 3 aliphatic rings. The van der Waals surface area contributed by atoms with Crippen LogP contribution in [0.1, 0.15) is 30.9 Å².